The minimum absolute atomic E-state index is 0.212. The molecule has 3 aromatic rings. The van der Waals surface area contributed by atoms with E-state index in [1.54, 1.807) is 59.6 Å². The van der Waals surface area contributed by atoms with Crippen LogP contribution >= 0.6 is 11.3 Å². The van der Waals surface area contributed by atoms with Crippen molar-refractivity contribution in [2.45, 2.75) is 13.5 Å². The highest BCUT2D eigenvalue weighted by molar-refractivity contribution is 7.15. The number of hydrogen-bond acceptors (Lipinski definition) is 6. The van der Waals surface area contributed by atoms with Crippen LogP contribution in [0.25, 0.3) is 17.3 Å². The molecule has 1 aliphatic rings. The zero-order valence-electron chi connectivity index (χ0n) is 17.8. The van der Waals surface area contributed by atoms with E-state index in [1.807, 2.05) is 0 Å². The average molecular weight is 454 g/mol. The maximum absolute atomic E-state index is 13.3. The first kappa shape index (κ1) is 21.9. The van der Waals surface area contributed by atoms with E-state index in [1.165, 1.54) is 12.1 Å². The molecule has 2 aromatic heterocycles. The number of carbonyl (C=O) groups excluding carboxylic acids is 1. The molecule has 1 amide bonds. The van der Waals surface area contributed by atoms with Crippen LogP contribution < -0.4 is 10.2 Å². The second-order valence-electron chi connectivity index (χ2n) is 7.13. The average Bonchev–Trinajstić information content (AvgIpc) is 3.47. The second kappa shape index (κ2) is 9.88. The Balaban J connectivity index is 1.47. The minimum Gasteiger partial charge on any atom is -0.378 e. The summed E-state index contributed by atoms with van der Waals surface area (Å²) in [5.74, 6) is -0.537. The third-order valence-electron chi connectivity index (χ3n) is 5.14. The number of carbonyl (C=O) groups is 1. The summed E-state index contributed by atoms with van der Waals surface area (Å²) in [6.07, 6.45) is 6.81. The number of nitrogens with zero attached hydrogens (tertiary/aromatic N) is 4. The molecule has 1 aromatic carbocycles. The molecule has 9 heteroatoms. The van der Waals surface area contributed by atoms with Crippen molar-refractivity contribution in [3.8, 4) is 5.69 Å². The summed E-state index contributed by atoms with van der Waals surface area (Å²) < 4.78 is 20.3. The lowest BCUT2D eigenvalue weighted by molar-refractivity contribution is -0.115. The molecule has 7 nitrogen and oxygen atoms in total. The Labute approximate surface area is 189 Å². The normalized spacial score (nSPS) is 14.4. The van der Waals surface area contributed by atoms with Gasteiger partial charge in [0.1, 0.15) is 5.82 Å². The number of ether oxygens (including phenoxy) is 1. The van der Waals surface area contributed by atoms with E-state index in [0.29, 0.717) is 42.3 Å². The van der Waals surface area contributed by atoms with Gasteiger partial charge < -0.3 is 15.0 Å². The Morgan fingerprint density at radius 3 is 2.72 bits per heavy atom. The fraction of sp³-hybridized carbons (Fsp3) is 0.261. The maximum atomic E-state index is 13.3. The Hall–Kier alpha value is -3.30. The van der Waals surface area contributed by atoms with E-state index in [0.717, 1.165) is 23.1 Å². The van der Waals surface area contributed by atoms with Crippen LogP contribution in [0.3, 0.4) is 0 Å². The number of amides is 1. The highest BCUT2D eigenvalue weighted by Crippen LogP contribution is 2.25. The molecule has 1 aliphatic heterocycles. The molecule has 0 spiro atoms. The fourth-order valence-electron chi connectivity index (χ4n) is 3.50. The Kier molecular flexibility index (Phi) is 6.77. The summed E-state index contributed by atoms with van der Waals surface area (Å²) in [6.45, 7) is 9.11. The molecule has 166 valence electrons. The zero-order chi connectivity index (χ0) is 22.5. The predicted molar refractivity (Wildman–Crippen MR) is 124 cm³/mol. The molecule has 4 rings (SSSR count). The molecule has 0 atom stereocenters. The monoisotopic (exact) mass is 453 g/mol. The largest absolute Gasteiger partial charge is 0.378 e. The van der Waals surface area contributed by atoms with Gasteiger partial charge in [-0.1, -0.05) is 12.7 Å². The minimum atomic E-state index is -0.324. The number of aromatic nitrogens is 3. The third-order valence-corrected chi connectivity index (χ3v) is 6.20. The van der Waals surface area contributed by atoms with E-state index in [2.05, 4.69) is 26.9 Å². The number of benzene rings is 1. The van der Waals surface area contributed by atoms with Gasteiger partial charge in [-0.15, -0.1) is 11.3 Å². The van der Waals surface area contributed by atoms with Gasteiger partial charge in [-0.05, 0) is 37.3 Å². The summed E-state index contributed by atoms with van der Waals surface area (Å²) in [7, 11) is 0. The molecule has 0 bridgehead atoms. The SMILES string of the molecule is C=Cc1c(/C(=C\C)C(=O)NCc2cnc(N3CCOCC3)s2)cnn1-c1ccc(F)cc1. The summed E-state index contributed by atoms with van der Waals surface area (Å²) in [6, 6.07) is 5.99. The van der Waals surface area contributed by atoms with Crippen molar-refractivity contribution >= 4 is 34.0 Å². The number of nitrogens with one attached hydrogen (secondary N) is 1. The van der Waals surface area contributed by atoms with Crippen molar-refractivity contribution in [3.05, 3.63) is 71.3 Å². The smallest absolute Gasteiger partial charge is 0.251 e. The molecule has 1 N–H and O–H groups in total. The van der Waals surface area contributed by atoms with Crippen molar-refractivity contribution < 1.29 is 13.9 Å². The van der Waals surface area contributed by atoms with E-state index in [-0.39, 0.29) is 11.7 Å². The third kappa shape index (κ3) is 4.63. The number of thiazole rings is 1. The van der Waals surface area contributed by atoms with Gasteiger partial charge >= 0.3 is 0 Å². The van der Waals surface area contributed by atoms with Crippen LogP contribution in [-0.4, -0.2) is 47.0 Å². The van der Waals surface area contributed by atoms with Gasteiger partial charge in [0.25, 0.3) is 5.91 Å². The molecule has 32 heavy (non-hydrogen) atoms. The van der Waals surface area contributed by atoms with Gasteiger partial charge in [0.15, 0.2) is 5.13 Å². The van der Waals surface area contributed by atoms with Crippen LogP contribution in [-0.2, 0) is 16.1 Å². The lowest BCUT2D eigenvalue weighted by Gasteiger charge is -2.25. The summed E-state index contributed by atoms with van der Waals surface area (Å²) in [4.78, 5) is 20.6. The van der Waals surface area contributed by atoms with Gasteiger partial charge in [0, 0.05) is 35.3 Å². The van der Waals surface area contributed by atoms with Crippen molar-refractivity contribution in [2.24, 2.45) is 0 Å². The predicted octanol–water partition coefficient (Wildman–Crippen LogP) is 3.67. The summed E-state index contributed by atoms with van der Waals surface area (Å²) in [5.41, 5.74) is 2.49. The van der Waals surface area contributed by atoms with Crippen LogP contribution in [0.4, 0.5) is 9.52 Å². The fourth-order valence-corrected chi connectivity index (χ4v) is 4.40. The van der Waals surface area contributed by atoms with Crippen LogP contribution in [0.1, 0.15) is 23.1 Å². The van der Waals surface area contributed by atoms with Crippen LogP contribution in [0.15, 0.2) is 49.3 Å². The van der Waals surface area contributed by atoms with Crippen molar-refractivity contribution in [1.82, 2.24) is 20.1 Å². The van der Waals surface area contributed by atoms with Gasteiger partial charge in [-0.2, -0.15) is 5.10 Å². The van der Waals surface area contributed by atoms with Crippen LogP contribution in [0.5, 0.6) is 0 Å². The van der Waals surface area contributed by atoms with E-state index in [4.69, 9.17) is 4.74 Å². The Morgan fingerprint density at radius 2 is 2.03 bits per heavy atom. The van der Waals surface area contributed by atoms with Gasteiger partial charge in [-0.25, -0.2) is 14.1 Å². The number of halogens is 1. The number of allylic oxidation sites excluding steroid dienone is 1. The number of rotatable bonds is 7. The first-order chi connectivity index (χ1) is 15.6. The van der Waals surface area contributed by atoms with Crippen molar-refractivity contribution in [3.63, 3.8) is 0 Å². The molecule has 0 unspecified atom stereocenters. The summed E-state index contributed by atoms with van der Waals surface area (Å²) in [5, 5.41) is 8.30. The molecule has 3 heterocycles. The Morgan fingerprint density at radius 1 is 1.28 bits per heavy atom. The second-order valence-corrected chi connectivity index (χ2v) is 8.22. The molecule has 1 fully saturated rings. The Bertz CT molecular complexity index is 1130. The molecular formula is C23H24FN5O2S. The first-order valence-corrected chi connectivity index (χ1v) is 11.1. The standard InChI is InChI=1S/C23H24FN5O2S/c1-3-19(20-15-27-29(21(20)4-2)17-7-5-16(24)6-8-17)22(30)25-13-18-14-26-23(32-18)28-9-11-31-12-10-28/h3-8,14-15H,2,9-13H2,1H3,(H,25,30)/b19-3+. The lowest BCUT2D eigenvalue weighted by Crippen LogP contribution is -2.36. The van der Waals surface area contributed by atoms with Crippen molar-refractivity contribution in [1.29, 1.82) is 0 Å². The number of hydrogen-bond donors (Lipinski definition) is 1. The quantitative estimate of drug-likeness (QED) is 0.553. The molecule has 1 saturated heterocycles. The van der Waals surface area contributed by atoms with E-state index >= 15 is 0 Å². The topological polar surface area (TPSA) is 72.3 Å². The van der Waals surface area contributed by atoms with Crippen LogP contribution in [0.2, 0.25) is 0 Å². The molecule has 0 saturated carbocycles. The molecular weight excluding hydrogens is 429 g/mol. The van der Waals surface area contributed by atoms with Gasteiger partial charge in [0.2, 0.25) is 0 Å². The highest BCUT2D eigenvalue weighted by Gasteiger charge is 2.19. The van der Waals surface area contributed by atoms with E-state index in [9.17, 15) is 9.18 Å². The maximum Gasteiger partial charge on any atom is 0.251 e. The lowest BCUT2D eigenvalue weighted by atomic mass is 10.1. The van der Waals surface area contributed by atoms with E-state index < -0.39 is 0 Å². The van der Waals surface area contributed by atoms with Crippen LogP contribution in [0, 0.1) is 5.82 Å². The van der Waals surface area contributed by atoms with Gasteiger partial charge in [0.05, 0.1) is 37.3 Å². The first-order valence-electron chi connectivity index (χ1n) is 10.3. The highest BCUT2D eigenvalue weighted by atomic mass is 32.1. The zero-order valence-corrected chi connectivity index (χ0v) is 18.6. The van der Waals surface area contributed by atoms with Gasteiger partial charge in [-0.3, -0.25) is 4.79 Å². The van der Waals surface area contributed by atoms with Crippen molar-refractivity contribution in [2.75, 3.05) is 31.2 Å². The molecule has 0 radical (unpaired) electrons. The number of anilines is 1. The summed E-state index contributed by atoms with van der Waals surface area (Å²) >= 11 is 1.57. The number of morpholine rings is 1. The molecule has 0 aliphatic carbocycles.